The van der Waals surface area contributed by atoms with Crippen molar-refractivity contribution in [2.75, 3.05) is 4.90 Å². The number of hydrogen-bond donors (Lipinski definition) is 0. The molecule has 0 aromatic heterocycles. The van der Waals surface area contributed by atoms with Gasteiger partial charge in [-0.3, -0.25) is 9.59 Å². The van der Waals surface area contributed by atoms with Crippen LogP contribution in [-0.2, 0) is 0 Å². The fraction of sp³-hybridized carbons (Fsp3) is 0. The average molecular weight is 478 g/mol. The van der Waals surface area contributed by atoms with Gasteiger partial charge in [0.25, 0.3) is 11.8 Å². The molecule has 0 saturated carbocycles. The molecular weight excluding hydrogens is 470 g/mol. The Morgan fingerprint density at radius 3 is 1.57 bits per heavy atom. The van der Waals surface area contributed by atoms with Gasteiger partial charge < -0.3 is 4.74 Å². The molecule has 3 aromatic carbocycles. The molecule has 148 valence electrons. The lowest BCUT2D eigenvalue weighted by atomic mass is 10.1. The van der Waals surface area contributed by atoms with Crippen LogP contribution in [0.1, 0.15) is 26.3 Å². The highest BCUT2D eigenvalue weighted by atomic mass is 35.5. The summed E-state index contributed by atoms with van der Waals surface area (Å²) in [5, 5.41) is 8.42. The Morgan fingerprint density at radius 1 is 0.700 bits per heavy atom. The maximum atomic E-state index is 12.9. The van der Waals surface area contributed by atoms with Crippen LogP contribution in [0.3, 0.4) is 0 Å². The number of nitriles is 1. The van der Waals surface area contributed by atoms with E-state index in [1.807, 2.05) is 6.07 Å². The number of carbonyl (C=O) groups is 2. The quantitative estimate of drug-likeness (QED) is 0.237. The van der Waals surface area contributed by atoms with Gasteiger partial charge in [0.05, 0.1) is 48.5 Å². The van der Waals surface area contributed by atoms with Gasteiger partial charge in [0.1, 0.15) is 11.5 Å². The smallest absolute Gasteiger partial charge is 0.267 e. The van der Waals surface area contributed by atoms with E-state index in [1.54, 1.807) is 48.5 Å². The highest BCUT2D eigenvalue weighted by molar-refractivity contribution is 6.56. The number of ether oxygens (including phenoxy) is 1. The summed E-state index contributed by atoms with van der Waals surface area (Å²) >= 11 is 24.4. The van der Waals surface area contributed by atoms with Crippen LogP contribution in [0.2, 0.25) is 20.1 Å². The summed E-state index contributed by atoms with van der Waals surface area (Å²) in [7, 11) is 0. The number of fused-ring (bicyclic) bond motifs is 1. The van der Waals surface area contributed by atoms with Gasteiger partial charge >= 0.3 is 0 Å². The molecule has 0 radical (unpaired) electrons. The third-order valence-electron chi connectivity index (χ3n) is 4.42. The number of benzene rings is 3. The lowest BCUT2D eigenvalue weighted by Crippen LogP contribution is -2.29. The van der Waals surface area contributed by atoms with Crippen LogP contribution in [0, 0.1) is 11.3 Å². The Bertz CT molecular complexity index is 1200. The number of rotatable bonds is 3. The van der Waals surface area contributed by atoms with Crippen molar-refractivity contribution < 1.29 is 14.3 Å². The molecule has 3 aromatic rings. The van der Waals surface area contributed by atoms with Gasteiger partial charge in [-0.15, -0.1) is 0 Å². The predicted molar refractivity (Wildman–Crippen MR) is 115 cm³/mol. The van der Waals surface area contributed by atoms with Gasteiger partial charge in [0.15, 0.2) is 0 Å². The van der Waals surface area contributed by atoms with Crippen LogP contribution >= 0.6 is 46.4 Å². The second-order valence-electron chi connectivity index (χ2n) is 6.18. The Hall–Kier alpha value is -2.75. The monoisotopic (exact) mass is 476 g/mol. The summed E-state index contributed by atoms with van der Waals surface area (Å²) in [6.07, 6.45) is 0. The minimum Gasteiger partial charge on any atom is -0.457 e. The van der Waals surface area contributed by atoms with E-state index in [2.05, 4.69) is 0 Å². The van der Waals surface area contributed by atoms with Crippen molar-refractivity contribution in [3.63, 3.8) is 0 Å². The maximum Gasteiger partial charge on any atom is 0.267 e. The standard InChI is InChI=1S/C21H8Cl4N2O3/c22-16-14-15(17(23)19(25)18(16)24)21(29)27(20(14)28)11-3-7-13(8-4-11)30-12-5-1-10(9-26)2-6-12/h1-8H. The Morgan fingerprint density at radius 2 is 1.13 bits per heavy atom. The number of amides is 2. The van der Waals surface area contributed by atoms with Crippen molar-refractivity contribution in [2.24, 2.45) is 0 Å². The summed E-state index contributed by atoms with van der Waals surface area (Å²) in [5.74, 6) is -0.296. The third-order valence-corrected chi connectivity index (χ3v) is 6.22. The van der Waals surface area contributed by atoms with E-state index in [0.29, 0.717) is 22.7 Å². The number of hydrogen-bond acceptors (Lipinski definition) is 4. The molecule has 0 atom stereocenters. The van der Waals surface area contributed by atoms with Gasteiger partial charge in [0, 0.05) is 0 Å². The van der Waals surface area contributed by atoms with E-state index < -0.39 is 11.8 Å². The fourth-order valence-electron chi connectivity index (χ4n) is 2.98. The van der Waals surface area contributed by atoms with Crippen molar-refractivity contribution in [1.82, 2.24) is 0 Å². The minimum absolute atomic E-state index is 0.0843. The van der Waals surface area contributed by atoms with Gasteiger partial charge in [0.2, 0.25) is 0 Å². The lowest BCUT2D eigenvalue weighted by Gasteiger charge is -2.14. The van der Waals surface area contributed by atoms with E-state index in [9.17, 15) is 9.59 Å². The Balaban J connectivity index is 1.64. The summed E-state index contributed by atoms with van der Waals surface area (Å²) < 4.78 is 5.71. The first-order valence-electron chi connectivity index (χ1n) is 8.36. The van der Waals surface area contributed by atoms with Crippen molar-refractivity contribution in [3.05, 3.63) is 85.3 Å². The van der Waals surface area contributed by atoms with Crippen LogP contribution in [0.15, 0.2) is 48.5 Å². The van der Waals surface area contributed by atoms with E-state index in [4.69, 9.17) is 56.4 Å². The summed E-state index contributed by atoms with van der Waals surface area (Å²) in [5.41, 5.74) is 0.645. The zero-order valence-electron chi connectivity index (χ0n) is 14.7. The number of imide groups is 1. The first-order valence-corrected chi connectivity index (χ1v) is 9.87. The SMILES string of the molecule is N#Cc1ccc(Oc2ccc(N3C(=O)c4c(Cl)c(Cl)c(Cl)c(Cl)c4C3=O)cc2)cc1. The normalized spacial score (nSPS) is 12.7. The van der Waals surface area contributed by atoms with E-state index in [1.165, 1.54) is 0 Å². The van der Waals surface area contributed by atoms with Gasteiger partial charge in [-0.1, -0.05) is 46.4 Å². The molecule has 1 aliphatic heterocycles. The van der Waals surface area contributed by atoms with E-state index in [-0.39, 0.29) is 31.2 Å². The van der Waals surface area contributed by atoms with Crippen LogP contribution < -0.4 is 9.64 Å². The zero-order chi connectivity index (χ0) is 21.6. The summed E-state index contributed by atoms with van der Waals surface area (Å²) in [4.78, 5) is 26.7. The third kappa shape index (κ3) is 3.28. The van der Waals surface area contributed by atoms with Crippen LogP contribution in [0.25, 0.3) is 0 Å². The maximum absolute atomic E-state index is 12.9. The van der Waals surface area contributed by atoms with Crippen molar-refractivity contribution in [1.29, 1.82) is 5.26 Å². The molecule has 4 rings (SSSR count). The number of carbonyl (C=O) groups excluding carboxylic acids is 2. The highest BCUT2D eigenvalue weighted by Crippen LogP contribution is 2.45. The number of halogens is 4. The molecule has 9 heteroatoms. The molecule has 0 saturated heterocycles. The molecule has 0 fully saturated rings. The zero-order valence-corrected chi connectivity index (χ0v) is 17.8. The highest BCUT2D eigenvalue weighted by Gasteiger charge is 2.42. The Labute approximate surface area is 190 Å². The molecule has 2 amide bonds. The van der Waals surface area contributed by atoms with Crippen LogP contribution in [-0.4, -0.2) is 11.8 Å². The first-order chi connectivity index (χ1) is 14.3. The molecule has 1 heterocycles. The van der Waals surface area contributed by atoms with Crippen molar-refractivity contribution in [2.45, 2.75) is 0 Å². The molecular formula is C21H8Cl4N2O3. The molecule has 30 heavy (non-hydrogen) atoms. The van der Waals surface area contributed by atoms with Crippen molar-refractivity contribution in [3.8, 4) is 17.6 Å². The Kier molecular flexibility index (Phi) is 5.35. The molecule has 0 N–H and O–H groups in total. The average Bonchev–Trinajstić information content (AvgIpc) is 3.02. The summed E-state index contributed by atoms with van der Waals surface area (Å²) in [6.45, 7) is 0. The van der Waals surface area contributed by atoms with E-state index >= 15 is 0 Å². The number of anilines is 1. The van der Waals surface area contributed by atoms with E-state index in [0.717, 1.165) is 4.90 Å². The minimum atomic E-state index is -0.652. The topological polar surface area (TPSA) is 70.4 Å². The molecule has 0 aliphatic carbocycles. The molecule has 0 spiro atoms. The van der Waals surface area contributed by atoms with Crippen LogP contribution in [0.5, 0.6) is 11.5 Å². The van der Waals surface area contributed by atoms with Gasteiger partial charge in [-0.25, -0.2) is 4.90 Å². The molecule has 5 nitrogen and oxygen atoms in total. The molecule has 1 aliphatic rings. The first kappa shape index (κ1) is 20.5. The number of nitrogens with zero attached hydrogens (tertiary/aromatic N) is 2. The van der Waals surface area contributed by atoms with Crippen molar-refractivity contribution >= 4 is 63.9 Å². The second-order valence-corrected chi connectivity index (χ2v) is 7.70. The lowest BCUT2D eigenvalue weighted by molar-refractivity contribution is 0.0926. The molecule has 0 bridgehead atoms. The summed E-state index contributed by atoms with van der Waals surface area (Å²) in [6, 6.07) is 14.9. The van der Waals surface area contributed by atoms with Crippen LogP contribution in [0.4, 0.5) is 5.69 Å². The van der Waals surface area contributed by atoms with Gasteiger partial charge in [-0.2, -0.15) is 5.26 Å². The molecule has 0 unspecified atom stereocenters. The predicted octanol–water partition coefficient (Wildman–Crippen LogP) is 6.76. The van der Waals surface area contributed by atoms with Gasteiger partial charge in [-0.05, 0) is 48.5 Å². The largest absolute Gasteiger partial charge is 0.457 e. The second kappa shape index (κ2) is 7.82. The fourth-order valence-corrected chi connectivity index (χ4v) is 3.99.